The van der Waals surface area contributed by atoms with Crippen LogP contribution in [0.25, 0.3) is 0 Å². The summed E-state index contributed by atoms with van der Waals surface area (Å²) in [6, 6.07) is 12.7. The predicted molar refractivity (Wildman–Crippen MR) is 103 cm³/mol. The zero-order chi connectivity index (χ0) is 20.4. The minimum atomic E-state index is -4.42. The van der Waals surface area contributed by atoms with Crippen LogP contribution in [0.4, 0.5) is 36.3 Å². The first-order chi connectivity index (χ1) is 13.1. The molecule has 1 aromatic heterocycles. The van der Waals surface area contributed by atoms with E-state index in [0.29, 0.717) is 5.82 Å². The summed E-state index contributed by atoms with van der Waals surface area (Å²) in [4.78, 5) is 4.25. The Morgan fingerprint density at radius 3 is 2.18 bits per heavy atom. The summed E-state index contributed by atoms with van der Waals surface area (Å²) in [5, 5.41) is 13.5. The molecule has 0 atom stereocenters. The lowest BCUT2D eigenvalue weighted by Gasteiger charge is -2.19. The Balaban J connectivity index is 1.74. The number of alkyl halides is 3. The molecule has 0 aliphatic heterocycles. The van der Waals surface area contributed by atoms with E-state index in [-0.39, 0.29) is 17.1 Å². The second-order valence-electron chi connectivity index (χ2n) is 7.32. The molecule has 2 aromatic carbocycles. The van der Waals surface area contributed by atoms with Gasteiger partial charge in [-0.15, -0.1) is 5.10 Å². The average Bonchev–Trinajstić information content (AvgIpc) is 2.61. The van der Waals surface area contributed by atoms with Gasteiger partial charge in [0.25, 0.3) is 0 Å². The van der Waals surface area contributed by atoms with Crippen LogP contribution in [-0.4, -0.2) is 15.2 Å². The molecule has 3 rings (SSSR count). The van der Waals surface area contributed by atoms with Crippen LogP contribution in [0.3, 0.4) is 0 Å². The van der Waals surface area contributed by atoms with Crippen molar-refractivity contribution in [2.24, 2.45) is 0 Å². The lowest BCUT2D eigenvalue weighted by Crippen LogP contribution is -2.10. The molecule has 0 unspecified atom stereocenters. The summed E-state index contributed by atoms with van der Waals surface area (Å²) in [7, 11) is 0. The molecule has 0 bridgehead atoms. The summed E-state index contributed by atoms with van der Waals surface area (Å²) < 4.78 is 38.5. The number of anilines is 4. The summed E-state index contributed by atoms with van der Waals surface area (Å²) >= 11 is 0. The molecule has 146 valence electrons. The second kappa shape index (κ2) is 7.46. The van der Waals surface area contributed by atoms with Gasteiger partial charge in [0.2, 0.25) is 5.95 Å². The molecule has 0 fully saturated rings. The fraction of sp³-hybridized carbons (Fsp3) is 0.250. The molecule has 8 heteroatoms. The summed E-state index contributed by atoms with van der Waals surface area (Å²) in [5.41, 5.74) is 1.54. The van der Waals surface area contributed by atoms with Gasteiger partial charge in [0.1, 0.15) is 0 Å². The molecule has 2 N–H and O–H groups in total. The normalized spacial score (nSPS) is 11.9. The Labute approximate surface area is 161 Å². The maximum absolute atomic E-state index is 12.8. The van der Waals surface area contributed by atoms with E-state index in [2.05, 4.69) is 46.6 Å². The fourth-order valence-electron chi connectivity index (χ4n) is 2.52. The SMILES string of the molecule is CC(C)(C)c1ccc(Nc2cnnc(Nc3cccc(C(F)(F)F)c3)n2)cc1. The van der Waals surface area contributed by atoms with Crippen LogP contribution in [0.15, 0.2) is 54.7 Å². The molecule has 1 heterocycles. The first kappa shape index (κ1) is 19.6. The third-order valence-electron chi connectivity index (χ3n) is 4.03. The molecule has 5 nitrogen and oxygen atoms in total. The number of nitrogens with one attached hydrogen (secondary N) is 2. The van der Waals surface area contributed by atoms with Gasteiger partial charge in [0, 0.05) is 11.4 Å². The number of hydrogen-bond acceptors (Lipinski definition) is 5. The number of benzene rings is 2. The van der Waals surface area contributed by atoms with Crippen molar-refractivity contribution in [2.75, 3.05) is 10.6 Å². The van der Waals surface area contributed by atoms with Crippen molar-refractivity contribution in [3.63, 3.8) is 0 Å². The van der Waals surface area contributed by atoms with Crippen LogP contribution < -0.4 is 10.6 Å². The van der Waals surface area contributed by atoms with Gasteiger partial charge in [-0.2, -0.15) is 23.3 Å². The van der Waals surface area contributed by atoms with E-state index in [1.807, 2.05) is 24.3 Å². The van der Waals surface area contributed by atoms with Crippen molar-refractivity contribution in [1.82, 2.24) is 15.2 Å². The molecule has 0 amide bonds. The minimum absolute atomic E-state index is 0.0526. The van der Waals surface area contributed by atoms with Crippen molar-refractivity contribution in [3.05, 3.63) is 65.9 Å². The highest BCUT2D eigenvalue weighted by Gasteiger charge is 2.30. The Kier molecular flexibility index (Phi) is 5.22. The van der Waals surface area contributed by atoms with E-state index >= 15 is 0 Å². The number of nitrogens with zero attached hydrogens (tertiary/aromatic N) is 3. The number of aromatic nitrogens is 3. The third kappa shape index (κ3) is 4.97. The van der Waals surface area contributed by atoms with Crippen molar-refractivity contribution in [1.29, 1.82) is 0 Å². The van der Waals surface area contributed by atoms with Gasteiger partial charge < -0.3 is 10.6 Å². The van der Waals surface area contributed by atoms with E-state index in [1.165, 1.54) is 23.9 Å². The third-order valence-corrected chi connectivity index (χ3v) is 4.03. The van der Waals surface area contributed by atoms with Crippen molar-refractivity contribution >= 4 is 23.1 Å². The Hall–Kier alpha value is -3.16. The molecule has 3 aromatic rings. The number of hydrogen-bond donors (Lipinski definition) is 2. The summed E-state index contributed by atoms with van der Waals surface area (Å²) in [6.45, 7) is 6.40. The van der Waals surface area contributed by atoms with E-state index < -0.39 is 11.7 Å². The van der Waals surface area contributed by atoms with Gasteiger partial charge in [-0.3, -0.25) is 0 Å². The van der Waals surface area contributed by atoms with Gasteiger partial charge in [-0.25, -0.2) is 0 Å². The summed E-state index contributed by atoms with van der Waals surface area (Å²) in [6.07, 6.45) is -2.98. The van der Waals surface area contributed by atoms with Crippen LogP contribution in [0, 0.1) is 0 Å². The largest absolute Gasteiger partial charge is 0.416 e. The van der Waals surface area contributed by atoms with E-state index in [9.17, 15) is 13.2 Å². The Morgan fingerprint density at radius 2 is 1.54 bits per heavy atom. The molecular formula is C20H20F3N5. The average molecular weight is 387 g/mol. The van der Waals surface area contributed by atoms with Crippen molar-refractivity contribution in [2.45, 2.75) is 32.4 Å². The highest BCUT2D eigenvalue weighted by molar-refractivity contribution is 5.59. The molecule has 0 saturated carbocycles. The van der Waals surface area contributed by atoms with Crippen LogP contribution >= 0.6 is 0 Å². The van der Waals surface area contributed by atoms with E-state index in [4.69, 9.17) is 0 Å². The smallest absolute Gasteiger partial charge is 0.339 e. The second-order valence-corrected chi connectivity index (χ2v) is 7.32. The first-order valence-electron chi connectivity index (χ1n) is 8.63. The molecule has 0 spiro atoms. The molecule has 0 radical (unpaired) electrons. The molecular weight excluding hydrogens is 367 g/mol. The molecule has 28 heavy (non-hydrogen) atoms. The number of rotatable bonds is 4. The monoisotopic (exact) mass is 387 g/mol. The molecule has 0 aliphatic rings. The number of halogens is 3. The zero-order valence-electron chi connectivity index (χ0n) is 15.7. The van der Waals surface area contributed by atoms with Crippen LogP contribution in [0.1, 0.15) is 31.9 Å². The first-order valence-corrected chi connectivity index (χ1v) is 8.63. The van der Waals surface area contributed by atoms with Gasteiger partial charge in [0.05, 0.1) is 11.8 Å². The fourth-order valence-corrected chi connectivity index (χ4v) is 2.52. The lowest BCUT2D eigenvalue weighted by molar-refractivity contribution is -0.137. The standard InChI is InChI=1S/C20H20F3N5/c1-19(2,3)13-7-9-15(10-8-13)25-17-12-24-28-18(27-17)26-16-6-4-5-14(11-16)20(21,22)23/h4-12H,1-3H3,(H2,25,26,27,28). The van der Waals surface area contributed by atoms with E-state index in [0.717, 1.165) is 17.8 Å². The highest BCUT2D eigenvalue weighted by Crippen LogP contribution is 2.31. The predicted octanol–water partition coefficient (Wildman–Crippen LogP) is 5.68. The lowest BCUT2D eigenvalue weighted by atomic mass is 9.87. The van der Waals surface area contributed by atoms with Crippen molar-refractivity contribution < 1.29 is 13.2 Å². The topological polar surface area (TPSA) is 62.7 Å². The molecule has 0 saturated heterocycles. The van der Waals surface area contributed by atoms with Crippen LogP contribution in [-0.2, 0) is 11.6 Å². The Bertz CT molecular complexity index is 947. The zero-order valence-corrected chi connectivity index (χ0v) is 15.7. The van der Waals surface area contributed by atoms with E-state index in [1.54, 1.807) is 0 Å². The van der Waals surface area contributed by atoms with Gasteiger partial charge in [-0.1, -0.05) is 39.0 Å². The summed E-state index contributed by atoms with van der Waals surface area (Å²) in [5.74, 6) is 0.517. The maximum atomic E-state index is 12.8. The van der Waals surface area contributed by atoms with Gasteiger partial charge >= 0.3 is 6.18 Å². The quantitative estimate of drug-likeness (QED) is 0.603. The van der Waals surface area contributed by atoms with Crippen molar-refractivity contribution in [3.8, 4) is 0 Å². The van der Waals surface area contributed by atoms with Crippen LogP contribution in [0.2, 0.25) is 0 Å². The Morgan fingerprint density at radius 1 is 0.821 bits per heavy atom. The minimum Gasteiger partial charge on any atom is -0.339 e. The van der Waals surface area contributed by atoms with Gasteiger partial charge in [-0.05, 0) is 41.3 Å². The molecule has 0 aliphatic carbocycles. The van der Waals surface area contributed by atoms with Crippen LogP contribution in [0.5, 0.6) is 0 Å². The van der Waals surface area contributed by atoms with Gasteiger partial charge in [0.15, 0.2) is 5.82 Å². The maximum Gasteiger partial charge on any atom is 0.416 e. The highest BCUT2D eigenvalue weighted by atomic mass is 19.4.